The van der Waals surface area contributed by atoms with Crippen LogP contribution in [0.15, 0.2) is 0 Å². The van der Waals surface area contributed by atoms with Crippen LogP contribution in [0.5, 0.6) is 0 Å². The molecule has 2 heterocycles. The SMILES string of the molecule is CC1CC(C)CN(CC(C)NC(=O)C2CCCN2C(=O)C23CC4CC(CC(C4)C2)C3)C1. The molecule has 2 amide bonds. The Morgan fingerprint density at radius 2 is 1.55 bits per heavy atom. The minimum Gasteiger partial charge on any atom is -0.351 e. The quantitative estimate of drug-likeness (QED) is 0.725. The molecular weight excluding hydrogens is 386 g/mol. The zero-order valence-electron chi connectivity index (χ0n) is 19.9. The largest absolute Gasteiger partial charge is 0.351 e. The molecule has 0 aromatic rings. The highest BCUT2D eigenvalue weighted by Crippen LogP contribution is 2.60. The highest BCUT2D eigenvalue weighted by molar-refractivity contribution is 5.91. The van der Waals surface area contributed by atoms with Gasteiger partial charge in [0.25, 0.3) is 0 Å². The second kappa shape index (κ2) is 8.35. The molecule has 6 aliphatic rings. The molecule has 4 unspecified atom stereocenters. The van der Waals surface area contributed by atoms with Crippen LogP contribution in [0.4, 0.5) is 0 Å². The molecule has 4 aliphatic carbocycles. The maximum Gasteiger partial charge on any atom is 0.243 e. The molecule has 0 radical (unpaired) electrons. The lowest BCUT2D eigenvalue weighted by molar-refractivity contribution is -0.160. The van der Waals surface area contributed by atoms with Crippen molar-refractivity contribution < 1.29 is 9.59 Å². The van der Waals surface area contributed by atoms with Crippen molar-refractivity contribution in [2.45, 2.75) is 90.6 Å². The molecule has 2 saturated heterocycles. The van der Waals surface area contributed by atoms with E-state index in [2.05, 4.69) is 31.0 Å². The first-order chi connectivity index (χ1) is 14.8. The molecule has 0 aromatic carbocycles. The number of nitrogens with one attached hydrogen (secondary N) is 1. The fourth-order valence-corrected chi connectivity index (χ4v) is 8.67. The van der Waals surface area contributed by atoms with Crippen molar-refractivity contribution in [2.24, 2.45) is 35.0 Å². The number of nitrogens with zero attached hydrogens (tertiary/aromatic N) is 2. The van der Waals surface area contributed by atoms with E-state index >= 15 is 0 Å². The fraction of sp³-hybridized carbons (Fsp3) is 0.923. The third-order valence-corrected chi connectivity index (χ3v) is 9.17. The van der Waals surface area contributed by atoms with E-state index in [1.807, 2.05) is 4.90 Å². The summed E-state index contributed by atoms with van der Waals surface area (Å²) in [5, 5.41) is 3.28. The summed E-state index contributed by atoms with van der Waals surface area (Å²) in [6, 6.07) is -0.121. The van der Waals surface area contributed by atoms with E-state index in [0.29, 0.717) is 5.91 Å². The predicted octanol–water partition coefficient (Wildman–Crippen LogP) is 3.68. The average Bonchev–Trinajstić information content (AvgIpc) is 3.15. The molecule has 31 heavy (non-hydrogen) atoms. The van der Waals surface area contributed by atoms with Crippen LogP contribution in [0.1, 0.15) is 78.6 Å². The lowest BCUT2D eigenvalue weighted by Gasteiger charge is -2.56. The van der Waals surface area contributed by atoms with E-state index in [-0.39, 0.29) is 23.4 Å². The molecule has 0 aromatic heterocycles. The molecule has 4 saturated carbocycles. The van der Waals surface area contributed by atoms with Crippen LogP contribution in [0.3, 0.4) is 0 Å². The van der Waals surface area contributed by atoms with Crippen molar-refractivity contribution in [3.05, 3.63) is 0 Å². The van der Waals surface area contributed by atoms with E-state index in [0.717, 1.165) is 87.9 Å². The van der Waals surface area contributed by atoms with Gasteiger partial charge in [0, 0.05) is 32.2 Å². The second-order valence-corrected chi connectivity index (χ2v) is 12.4. The summed E-state index contributed by atoms with van der Waals surface area (Å²) in [6.07, 6.45) is 10.4. The molecule has 5 nitrogen and oxygen atoms in total. The van der Waals surface area contributed by atoms with Gasteiger partial charge in [-0.1, -0.05) is 13.8 Å². The van der Waals surface area contributed by atoms with Gasteiger partial charge in [0.05, 0.1) is 5.41 Å². The van der Waals surface area contributed by atoms with Gasteiger partial charge in [-0.05, 0) is 94.3 Å². The van der Waals surface area contributed by atoms with Gasteiger partial charge in [-0.3, -0.25) is 9.59 Å². The van der Waals surface area contributed by atoms with Crippen molar-refractivity contribution in [3.8, 4) is 0 Å². The lowest BCUT2D eigenvalue weighted by Crippen LogP contribution is -2.58. The molecule has 2 aliphatic heterocycles. The second-order valence-electron chi connectivity index (χ2n) is 12.4. The Bertz CT molecular complexity index is 661. The minimum atomic E-state index is -0.248. The molecule has 5 heteroatoms. The summed E-state index contributed by atoms with van der Waals surface area (Å²) in [5.41, 5.74) is -0.136. The van der Waals surface area contributed by atoms with Crippen LogP contribution >= 0.6 is 0 Å². The molecular formula is C26H43N3O2. The Morgan fingerprint density at radius 3 is 2.13 bits per heavy atom. The van der Waals surface area contributed by atoms with E-state index in [9.17, 15) is 9.59 Å². The number of piperidine rings is 1. The molecule has 6 rings (SSSR count). The van der Waals surface area contributed by atoms with Gasteiger partial charge in [-0.2, -0.15) is 0 Å². The van der Waals surface area contributed by atoms with Crippen molar-refractivity contribution >= 4 is 11.8 Å². The van der Waals surface area contributed by atoms with Gasteiger partial charge in [0.1, 0.15) is 6.04 Å². The van der Waals surface area contributed by atoms with E-state index in [1.165, 1.54) is 25.7 Å². The summed E-state index contributed by atoms with van der Waals surface area (Å²) in [4.78, 5) is 31.6. The summed E-state index contributed by atoms with van der Waals surface area (Å²) < 4.78 is 0. The molecule has 0 spiro atoms. The third kappa shape index (κ3) is 4.28. The third-order valence-electron chi connectivity index (χ3n) is 9.17. The maximum atomic E-state index is 13.8. The molecule has 4 atom stereocenters. The number of carbonyl (C=O) groups is 2. The standard InChI is InChI=1S/C26H43N3O2/c1-17-7-18(2)15-28(14-17)16-19(3)27-24(30)23-5-4-6-29(23)25(31)26-11-20-8-21(12-26)10-22(9-20)13-26/h17-23H,4-16H2,1-3H3,(H,27,30). The van der Waals surface area contributed by atoms with Crippen LogP contribution in [0.25, 0.3) is 0 Å². The highest BCUT2D eigenvalue weighted by atomic mass is 16.2. The molecule has 174 valence electrons. The Labute approximate surface area is 188 Å². The Morgan fingerprint density at radius 1 is 0.968 bits per heavy atom. The average molecular weight is 430 g/mol. The smallest absolute Gasteiger partial charge is 0.243 e. The number of carbonyl (C=O) groups excluding carboxylic acids is 2. The first kappa shape index (κ1) is 21.7. The zero-order chi connectivity index (χ0) is 21.8. The van der Waals surface area contributed by atoms with Crippen LogP contribution < -0.4 is 5.32 Å². The Hall–Kier alpha value is -1.10. The Kier molecular flexibility index (Phi) is 5.85. The first-order valence-corrected chi connectivity index (χ1v) is 13.1. The van der Waals surface area contributed by atoms with Gasteiger partial charge in [0.2, 0.25) is 11.8 Å². The summed E-state index contributed by atoms with van der Waals surface area (Å²) in [5.74, 6) is 4.17. The summed E-state index contributed by atoms with van der Waals surface area (Å²) in [7, 11) is 0. The first-order valence-electron chi connectivity index (χ1n) is 13.1. The van der Waals surface area contributed by atoms with Crippen molar-refractivity contribution in [3.63, 3.8) is 0 Å². The topological polar surface area (TPSA) is 52.7 Å². The van der Waals surface area contributed by atoms with Crippen molar-refractivity contribution in [1.29, 1.82) is 0 Å². The van der Waals surface area contributed by atoms with Gasteiger partial charge in [-0.25, -0.2) is 0 Å². The van der Waals surface area contributed by atoms with Crippen LogP contribution in [-0.2, 0) is 9.59 Å². The number of hydrogen-bond acceptors (Lipinski definition) is 3. The van der Waals surface area contributed by atoms with Gasteiger partial charge < -0.3 is 15.1 Å². The van der Waals surface area contributed by atoms with Gasteiger partial charge in [0.15, 0.2) is 0 Å². The summed E-state index contributed by atoms with van der Waals surface area (Å²) >= 11 is 0. The normalized spacial score (nSPS) is 43.3. The van der Waals surface area contributed by atoms with E-state index in [4.69, 9.17) is 0 Å². The molecule has 1 N–H and O–H groups in total. The van der Waals surface area contributed by atoms with Crippen LogP contribution in [0.2, 0.25) is 0 Å². The van der Waals surface area contributed by atoms with Gasteiger partial charge >= 0.3 is 0 Å². The molecule has 6 fully saturated rings. The number of likely N-dealkylation sites (tertiary alicyclic amines) is 2. The Balaban J connectivity index is 1.20. The fourth-order valence-electron chi connectivity index (χ4n) is 8.67. The lowest BCUT2D eigenvalue weighted by atomic mass is 9.49. The number of rotatable bonds is 5. The van der Waals surface area contributed by atoms with E-state index < -0.39 is 0 Å². The van der Waals surface area contributed by atoms with E-state index in [1.54, 1.807) is 0 Å². The van der Waals surface area contributed by atoms with Gasteiger partial charge in [-0.15, -0.1) is 0 Å². The monoisotopic (exact) mass is 429 g/mol. The maximum absolute atomic E-state index is 13.8. The predicted molar refractivity (Wildman–Crippen MR) is 122 cm³/mol. The number of amides is 2. The van der Waals surface area contributed by atoms with Crippen LogP contribution in [0, 0.1) is 35.0 Å². The molecule has 4 bridgehead atoms. The van der Waals surface area contributed by atoms with Crippen molar-refractivity contribution in [1.82, 2.24) is 15.1 Å². The summed E-state index contributed by atoms with van der Waals surface area (Å²) in [6.45, 7) is 10.7. The highest BCUT2D eigenvalue weighted by Gasteiger charge is 2.56. The minimum absolute atomic E-state index is 0.0844. The van der Waals surface area contributed by atoms with Crippen molar-refractivity contribution in [2.75, 3.05) is 26.2 Å². The zero-order valence-corrected chi connectivity index (χ0v) is 19.9. The van der Waals surface area contributed by atoms with Crippen LogP contribution in [-0.4, -0.2) is 59.9 Å². The number of hydrogen-bond donors (Lipinski definition) is 1.